The molecule has 2 aromatic rings. The minimum atomic E-state index is -0.543. The van der Waals surface area contributed by atoms with Gasteiger partial charge in [0.1, 0.15) is 11.4 Å². The van der Waals surface area contributed by atoms with Crippen molar-refractivity contribution in [3.05, 3.63) is 41.3 Å². The summed E-state index contributed by atoms with van der Waals surface area (Å²) in [6, 6.07) is 5.19. The van der Waals surface area contributed by atoms with Crippen molar-refractivity contribution >= 4 is 17.6 Å². The molecule has 0 radical (unpaired) electrons. The van der Waals surface area contributed by atoms with Crippen LogP contribution in [0.1, 0.15) is 17.4 Å². The summed E-state index contributed by atoms with van der Waals surface area (Å²) in [5.74, 6) is 0.0412. The summed E-state index contributed by atoms with van der Waals surface area (Å²) in [5, 5.41) is 0.450. The highest BCUT2D eigenvalue weighted by Crippen LogP contribution is 2.30. The van der Waals surface area contributed by atoms with E-state index in [1.165, 1.54) is 19.5 Å². The first-order valence-electron chi connectivity index (χ1n) is 5.99. The molecule has 6 heteroatoms. The number of carbonyl (C=O) groups is 1. The van der Waals surface area contributed by atoms with Gasteiger partial charge in [-0.2, -0.15) is 0 Å². The van der Waals surface area contributed by atoms with Crippen LogP contribution in [0.5, 0.6) is 5.75 Å². The van der Waals surface area contributed by atoms with Crippen molar-refractivity contribution < 1.29 is 14.3 Å². The Morgan fingerprint density at radius 2 is 2.05 bits per heavy atom. The molecule has 0 N–H and O–H groups in total. The summed E-state index contributed by atoms with van der Waals surface area (Å²) in [7, 11) is 1.30. The van der Waals surface area contributed by atoms with Crippen LogP contribution in [0.3, 0.4) is 0 Å². The summed E-state index contributed by atoms with van der Waals surface area (Å²) in [4.78, 5) is 19.9. The number of hydrogen-bond donors (Lipinski definition) is 0. The van der Waals surface area contributed by atoms with E-state index in [1.54, 1.807) is 18.2 Å². The Kier molecular flexibility index (Phi) is 4.53. The topological polar surface area (TPSA) is 61.3 Å². The van der Waals surface area contributed by atoms with Gasteiger partial charge in [0, 0.05) is 18.0 Å². The van der Waals surface area contributed by atoms with Crippen molar-refractivity contribution in [1.29, 1.82) is 0 Å². The minimum Gasteiger partial charge on any atom is -0.492 e. The van der Waals surface area contributed by atoms with Crippen molar-refractivity contribution in [2.45, 2.75) is 6.92 Å². The van der Waals surface area contributed by atoms with E-state index in [2.05, 4.69) is 9.97 Å². The molecule has 20 heavy (non-hydrogen) atoms. The standard InChI is InChI=1S/C14H13ClN2O3/c1-3-20-11-5-4-9(8-10(11)15)12-13(14(18)19-2)17-7-6-16-12/h4-8H,3H2,1-2H3. The molecule has 0 fully saturated rings. The van der Waals surface area contributed by atoms with Gasteiger partial charge < -0.3 is 9.47 Å². The lowest BCUT2D eigenvalue weighted by Crippen LogP contribution is -2.07. The highest BCUT2D eigenvalue weighted by Gasteiger charge is 2.17. The maximum absolute atomic E-state index is 11.7. The lowest BCUT2D eigenvalue weighted by Gasteiger charge is -2.09. The van der Waals surface area contributed by atoms with Crippen LogP contribution in [0.2, 0.25) is 5.02 Å². The third-order valence-electron chi connectivity index (χ3n) is 2.58. The van der Waals surface area contributed by atoms with Gasteiger partial charge in [0.2, 0.25) is 0 Å². The normalized spacial score (nSPS) is 10.2. The van der Waals surface area contributed by atoms with Crippen molar-refractivity contribution in [3.63, 3.8) is 0 Å². The molecule has 0 bridgehead atoms. The summed E-state index contributed by atoms with van der Waals surface area (Å²) in [5.41, 5.74) is 1.24. The maximum atomic E-state index is 11.7. The second-order valence-electron chi connectivity index (χ2n) is 3.82. The molecule has 1 heterocycles. The predicted molar refractivity (Wildman–Crippen MR) is 75.0 cm³/mol. The molecular formula is C14H13ClN2O3. The lowest BCUT2D eigenvalue weighted by atomic mass is 10.1. The third-order valence-corrected chi connectivity index (χ3v) is 2.88. The molecule has 104 valence electrons. The van der Waals surface area contributed by atoms with Crippen molar-refractivity contribution in [2.24, 2.45) is 0 Å². The van der Waals surface area contributed by atoms with E-state index in [0.717, 1.165) is 0 Å². The predicted octanol–water partition coefficient (Wildman–Crippen LogP) is 2.98. The second kappa shape index (κ2) is 6.34. The number of hydrogen-bond acceptors (Lipinski definition) is 5. The molecular weight excluding hydrogens is 280 g/mol. The second-order valence-corrected chi connectivity index (χ2v) is 4.23. The number of aromatic nitrogens is 2. The van der Waals surface area contributed by atoms with Gasteiger partial charge in [0.25, 0.3) is 0 Å². The van der Waals surface area contributed by atoms with E-state index in [1.807, 2.05) is 6.92 Å². The summed E-state index contributed by atoms with van der Waals surface area (Å²) in [6.45, 7) is 2.40. The molecule has 0 aliphatic carbocycles. The Bertz CT molecular complexity index is 632. The van der Waals surface area contributed by atoms with Gasteiger partial charge in [-0.05, 0) is 25.1 Å². The number of nitrogens with zero attached hydrogens (tertiary/aromatic N) is 2. The van der Waals surface area contributed by atoms with Crippen LogP contribution < -0.4 is 4.74 Å². The molecule has 1 aromatic carbocycles. The van der Waals surface area contributed by atoms with Crippen LogP contribution in [0.4, 0.5) is 0 Å². The van der Waals surface area contributed by atoms with Crippen molar-refractivity contribution in [1.82, 2.24) is 9.97 Å². The van der Waals surface area contributed by atoms with Crippen LogP contribution in [0, 0.1) is 0 Å². The van der Waals surface area contributed by atoms with E-state index in [0.29, 0.717) is 28.6 Å². The molecule has 5 nitrogen and oxygen atoms in total. The van der Waals surface area contributed by atoms with E-state index in [-0.39, 0.29) is 5.69 Å². The molecule has 0 saturated carbocycles. The first-order chi connectivity index (χ1) is 9.67. The summed E-state index contributed by atoms with van der Waals surface area (Å²) >= 11 is 6.13. The zero-order valence-corrected chi connectivity index (χ0v) is 11.8. The number of benzene rings is 1. The van der Waals surface area contributed by atoms with Gasteiger partial charge in [-0.3, -0.25) is 4.98 Å². The average Bonchev–Trinajstić information content (AvgIpc) is 2.48. The Morgan fingerprint density at radius 1 is 1.30 bits per heavy atom. The zero-order valence-electron chi connectivity index (χ0n) is 11.1. The summed E-state index contributed by atoms with van der Waals surface area (Å²) < 4.78 is 10.1. The Balaban J connectivity index is 2.47. The fraction of sp³-hybridized carbons (Fsp3) is 0.214. The number of rotatable bonds is 4. The third kappa shape index (κ3) is 2.88. The number of halogens is 1. The molecule has 0 aliphatic rings. The highest BCUT2D eigenvalue weighted by molar-refractivity contribution is 6.32. The van der Waals surface area contributed by atoms with E-state index in [9.17, 15) is 4.79 Å². The number of esters is 1. The minimum absolute atomic E-state index is 0.148. The molecule has 0 atom stereocenters. The van der Waals surface area contributed by atoms with Crippen molar-refractivity contribution in [2.75, 3.05) is 13.7 Å². The van der Waals surface area contributed by atoms with Crippen LogP contribution >= 0.6 is 11.6 Å². The molecule has 0 aliphatic heterocycles. The SMILES string of the molecule is CCOc1ccc(-c2nccnc2C(=O)OC)cc1Cl. The van der Waals surface area contributed by atoms with Crippen LogP contribution in [-0.2, 0) is 4.74 Å². The van der Waals surface area contributed by atoms with E-state index in [4.69, 9.17) is 21.1 Å². The summed E-state index contributed by atoms with van der Waals surface area (Å²) in [6.07, 6.45) is 2.94. The quantitative estimate of drug-likeness (QED) is 0.811. The smallest absolute Gasteiger partial charge is 0.358 e. The van der Waals surface area contributed by atoms with Gasteiger partial charge in [-0.15, -0.1) is 0 Å². The zero-order chi connectivity index (χ0) is 14.5. The van der Waals surface area contributed by atoms with Crippen molar-refractivity contribution in [3.8, 4) is 17.0 Å². The van der Waals surface area contributed by atoms with Gasteiger partial charge in [-0.25, -0.2) is 9.78 Å². The lowest BCUT2D eigenvalue weighted by molar-refractivity contribution is 0.0594. The first-order valence-corrected chi connectivity index (χ1v) is 6.37. The highest BCUT2D eigenvalue weighted by atomic mass is 35.5. The van der Waals surface area contributed by atoms with Gasteiger partial charge in [0.05, 0.1) is 18.7 Å². The maximum Gasteiger partial charge on any atom is 0.358 e. The van der Waals surface area contributed by atoms with Gasteiger partial charge in [-0.1, -0.05) is 11.6 Å². The molecule has 0 unspecified atom stereocenters. The monoisotopic (exact) mass is 292 g/mol. The largest absolute Gasteiger partial charge is 0.492 e. The first kappa shape index (κ1) is 14.3. The average molecular weight is 293 g/mol. The number of ether oxygens (including phenoxy) is 2. The van der Waals surface area contributed by atoms with Gasteiger partial charge in [0.15, 0.2) is 5.69 Å². The molecule has 1 aromatic heterocycles. The Morgan fingerprint density at radius 3 is 2.70 bits per heavy atom. The fourth-order valence-corrected chi connectivity index (χ4v) is 1.95. The number of methoxy groups -OCH3 is 1. The molecule has 2 rings (SSSR count). The molecule has 0 amide bonds. The molecule has 0 saturated heterocycles. The van der Waals surface area contributed by atoms with Crippen LogP contribution in [-0.4, -0.2) is 29.7 Å². The van der Waals surface area contributed by atoms with Crippen LogP contribution in [0.15, 0.2) is 30.6 Å². The van der Waals surface area contributed by atoms with E-state index >= 15 is 0 Å². The molecule has 0 spiro atoms. The Labute approximate surface area is 121 Å². The Hall–Kier alpha value is -2.14. The van der Waals surface area contributed by atoms with Gasteiger partial charge >= 0.3 is 5.97 Å². The fourth-order valence-electron chi connectivity index (χ4n) is 1.72. The number of carbonyl (C=O) groups excluding carboxylic acids is 1. The van der Waals surface area contributed by atoms with E-state index < -0.39 is 5.97 Å². The van der Waals surface area contributed by atoms with Crippen LogP contribution in [0.25, 0.3) is 11.3 Å².